The Morgan fingerprint density at radius 3 is 2.33 bits per heavy atom. The van der Waals surface area contributed by atoms with E-state index in [9.17, 15) is 22.4 Å². The lowest BCUT2D eigenvalue weighted by molar-refractivity contribution is -0.141. The summed E-state index contributed by atoms with van der Waals surface area (Å²) in [5, 5.41) is 0. The summed E-state index contributed by atoms with van der Waals surface area (Å²) in [4.78, 5) is 10.9. The van der Waals surface area contributed by atoms with Crippen molar-refractivity contribution in [3.05, 3.63) is 12.2 Å². The maximum Gasteiger partial charge on any atom is 0.333 e. The van der Waals surface area contributed by atoms with Crippen molar-refractivity contribution in [1.82, 2.24) is 0 Å². The quantitative estimate of drug-likeness (QED) is 0.278. The average molecular weight is 270 g/mol. The molecule has 0 radical (unpaired) electrons. The van der Waals surface area contributed by atoms with Gasteiger partial charge in [0.15, 0.2) is 12.3 Å². The van der Waals surface area contributed by atoms with Gasteiger partial charge in [-0.05, 0) is 26.2 Å². The van der Waals surface area contributed by atoms with Crippen LogP contribution < -0.4 is 0 Å². The van der Waals surface area contributed by atoms with Gasteiger partial charge in [0, 0.05) is 5.57 Å². The predicted octanol–water partition coefficient (Wildman–Crippen LogP) is 3.26. The van der Waals surface area contributed by atoms with E-state index < -0.39 is 37.8 Å². The molecule has 0 amide bonds. The van der Waals surface area contributed by atoms with Crippen LogP contribution in [0.3, 0.4) is 0 Å². The first-order chi connectivity index (χ1) is 8.40. The second-order valence-electron chi connectivity index (χ2n) is 4.04. The van der Waals surface area contributed by atoms with Crippen LogP contribution in [0.1, 0.15) is 26.2 Å². The molecule has 0 aromatic carbocycles. The van der Waals surface area contributed by atoms with Crippen molar-refractivity contribution >= 4 is 5.97 Å². The van der Waals surface area contributed by atoms with Crippen molar-refractivity contribution in [3.63, 3.8) is 0 Å². The van der Waals surface area contributed by atoms with Crippen LogP contribution in [0.4, 0.5) is 17.6 Å². The van der Waals surface area contributed by atoms with Crippen molar-refractivity contribution in [1.29, 1.82) is 0 Å². The summed E-state index contributed by atoms with van der Waals surface area (Å²) in [6, 6.07) is 0. The summed E-state index contributed by atoms with van der Waals surface area (Å²) in [6.07, 6.45) is -6.60. The summed E-state index contributed by atoms with van der Waals surface area (Å²) in [5.41, 5.74) is 0.0531. The highest BCUT2D eigenvalue weighted by Gasteiger charge is 2.30. The molecule has 0 aliphatic rings. The molecule has 0 saturated heterocycles. The Morgan fingerprint density at radius 1 is 1.22 bits per heavy atom. The topological polar surface area (TPSA) is 26.3 Å². The van der Waals surface area contributed by atoms with E-state index in [0.717, 1.165) is 0 Å². The Labute approximate surface area is 104 Å². The zero-order valence-electron chi connectivity index (χ0n) is 10.3. The van der Waals surface area contributed by atoms with Crippen molar-refractivity contribution in [2.24, 2.45) is 0 Å². The molecule has 0 fully saturated rings. The Morgan fingerprint density at radius 2 is 1.83 bits per heavy atom. The van der Waals surface area contributed by atoms with E-state index in [2.05, 4.69) is 11.3 Å². The van der Waals surface area contributed by atoms with Crippen LogP contribution in [0.25, 0.3) is 0 Å². The smallest absolute Gasteiger partial charge is 0.333 e. The molecule has 0 bridgehead atoms. The van der Waals surface area contributed by atoms with Crippen LogP contribution in [0.2, 0.25) is 0 Å². The average Bonchev–Trinajstić information content (AvgIpc) is 2.34. The molecule has 3 atom stereocenters. The predicted molar refractivity (Wildman–Crippen MR) is 60.3 cm³/mol. The van der Waals surface area contributed by atoms with Crippen LogP contribution >= 0.6 is 0 Å². The number of alkyl halides is 4. The lowest BCUT2D eigenvalue weighted by Gasteiger charge is -2.17. The first-order valence-corrected chi connectivity index (χ1v) is 5.71. The molecular weight excluding hydrogens is 252 g/mol. The fourth-order valence-corrected chi connectivity index (χ4v) is 1.19. The molecule has 6 heteroatoms. The normalized spacial score (nSPS) is 15.8. The molecule has 0 aliphatic carbocycles. The second kappa shape index (κ2) is 8.94. The fourth-order valence-electron chi connectivity index (χ4n) is 1.19. The van der Waals surface area contributed by atoms with Gasteiger partial charge in [0.05, 0.1) is 6.67 Å². The lowest BCUT2D eigenvalue weighted by atomic mass is 10.1. The van der Waals surface area contributed by atoms with Gasteiger partial charge in [-0.2, -0.15) is 0 Å². The van der Waals surface area contributed by atoms with E-state index in [1.807, 2.05) is 0 Å². The van der Waals surface area contributed by atoms with Crippen LogP contribution in [0.15, 0.2) is 12.2 Å². The fraction of sp³-hybridized carbons (Fsp3) is 0.750. The van der Waals surface area contributed by atoms with Crippen molar-refractivity contribution in [3.8, 4) is 0 Å². The van der Waals surface area contributed by atoms with Gasteiger partial charge < -0.3 is 4.74 Å². The van der Waals surface area contributed by atoms with Gasteiger partial charge in [-0.15, -0.1) is 0 Å². The number of esters is 1. The molecular formula is C12H18F4O2. The zero-order chi connectivity index (χ0) is 14.1. The highest BCUT2D eigenvalue weighted by Crippen LogP contribution is 2.18. The van der Waals surface area contributed by atoms with Gasteiger partial charge in [-0.1, -0.05) is 6.58 Å². The van der Waals surface area contributed by atoms with E-state index in [1.165, 1.54) is 6.92 Å². The molecule has 0 aliphatic heterocycles. The summed E-state index contributed by atoms with van der Waals surface area (Å²) in [7, 11) is 0. The number of carbonyl (C=O) groups excluding carboxylic acids is 1. The number of hydrogen-bond donors (Lipinski definition) is 0. The Hall–Kier alpha value is -1.07. The third kappa shape index (κ3) is 6.61. The van der Waals surface area contributed by atoms with Gasteiger partial charge in [0.2, 0.25) is 0 Å². The Kier molecular flexibility index (Phi) is 8.41. The highest BCUT2D eigenvalue weighted by atomic mass is 19.2. The molecule has 0 N–H and O–H groups in total. The summed E-state index contributed by atoms with van der Waals surface area (Å²) < 4.78 is 55.7. The van der Waals surface area contributed by atoms with Crippen LogP contribution in [0, 0.1) is 0 Å². The number of carbonyl (C=O) groups is 1. The second-order valence-corrected chi connectivity index (χ2v) is 4.04. The third-order valence-electron chi connectivity index (χ3n) is 2.28. The first-order valence-electron chi connectivity index (χ1n) is 5.71. The highest BCUT2D eigenvalue weighted by molar-refractivity contribution is 5.86. The molecule has 0 aromatic heterocycles. The van der Waals surface area contributed by atoms with Gasteiger partial charge in [0.25, 0.3) is 0 Å². The maximum atomic E-state index is 13.2. The van der Waals surface area contributed by atoms with Gasteiger partial charge in [-0.3, -0.25) is 4.39 Å². The van der Waals surface area contributed by atoms with Crippen molar-refractivity contribution in [2.45, 2.75) is 44.7 Å². The van der Waals surface area contributed by atoms with E-state index >= 15 is 0 Å². The number of halogens is 4. The van der Waals surface area contributed by atoms with E-state index in [0.29, 0.717) is 0 Å². The van der Waals surface area contributed by atoms with Crippen molar-refractivity contribution in [2.75, 3.05) is 13.3 Å². The standard InChI is InChI=1S/C12H18F4O2/c1-8(2)12(17)18-7-10(15)11(16)9(14)5-3-4-6-13/h9-11H,1,3-7H2,2H3. The summed E-state index contributed by atoms with van der Waals surface area (Å²) in [6.45, 7) is 3.16. The van der Waals surface area contributed by atoms with Crippen LogP contribution in [-0.4, -0.2) is 37.8 Å². The zero-order valence-corrected chi connectivity index (χ0v) is 10.3. The van der Waals surface area contributed by atoms with Gasteiger partial charge >= 0.3 is 5.97 Å². The molecule has 0 saturated carbocycles. The van der Waals surface area contributed by atoms with Gasteiger partial charge in [0.1, 0.15) is 12.8 Å². The molecule has 106 valence electrons. The SMILES string of the molecule is C=C(C)C(=O)OCC(F)C(F)C(F)CCCCF. The van der Waals surface area contributed by atoms with Crippen molar-refractivity contribution < 1.29 is 27.1 Å². The Balaban J connectivity index is 3.97. The van der Waals surface area contributed by atoms with E-state index in [-0.39, 0.29) is 24.8 Å². The minimum atomic E-state index is -2.37. The van der Waals surface area contributed by atoms with Crippen LogP contribution in [0.5, 0.6) is 0 Å². The number of unbranched alkanes of at least 4 members (excludes halogenated alkanes) is 1. The molecule has 0 heterocycles. The molecule has 0 rings (SSSR count). The minimum Gasteiger partial charge on any atom is -0.459 e. The Bertz CT molecular complexity index is 271. The number of ether oxygens (including phenoxy) is 1. The number of hydrogen-bond acceptors (Lipinski definition) is 2. The molecule has 3 unspecified atom stereocenters. The molecule has 2 nitrogen and oxygen atoms in total. The first kappa shape index (κ1) is 16.9. The van der Waals surface area contributed by atoms with E-state index in [1.54, 1.807) is 0 Å². The van der Waals surface area contributed by atoms with Crippen LogP contribution in [-0.2, 0) is 9.53 Å². The summed E-state index contributed by atoms with van der Waals surface area (Å²) in [5.74, 6) is -0.849. The largest absolute Gasteiger partial charge is 0.459 e. The molecule has 0 aromatic rings. The third-order valence-corrected chi connectivity index (χ3v) is 2.28. The number of rotatable bonds is 9. The minimum absolute atomic E-state index is 0.0531. The maximum absolute atomic E-state index is 13.2. The monoisotopic (exact) mass is 270 g/mol. The summed E-state index contributed by atoms with van der Waals surface area (Å²) >= 11 is 0. The molecule has 18 heavy (non-hydrogen) atoms. The van der Waals surface area contributed by atoms with Gasteiger partial charge in [-0.25, -0.2) is 18.0 Å². The lowest BCUT2D eigenvalue weighted by Crippen LogP contribution is -2.32. The molecule has 0 spiro atoms. The van der Waals surface area contributed by atoms with E-state index in [4.69, 9.17) is 0 Å².